The van der Waals surface area contributed by atoms with Crippen LogP contribution in [0, 0.1) is 0 Å². The zero-order chi connectivity index (χ0) is 14.8. The first-order valence-electron chi connectivity index (χ1n) is 7.02. The minimum absolute atomic E-state index is 0.0530. The number of nitrogens with one attached hydrogen (secondary N) is 1. The van der Waals surface area contributed by atoms with Gasteiger partial charge in [-0.3, -0.25) is 0 Å². The Balaban J connectivity index is 2.15. The lowest BCUT2D eigenvalue weighted by Gasteiger charge is -2.32. The number of aryl methyl sites for hydroxylation is 1. The zero-order valence-corrected chi connectivity index (χ0v) is 11.9. The molecule has 2 nitrogen and oxygen atoms in total. The number of alkyl halides is 3. The van der Waals surface area contributed by atoms with Gasteiger partial charge in [0.05, 0.1) is 6.42 Å². The third-order valence-electron chi connectivity index (χ3n) is 3.92. The number of halogens is 3. The van der Waals surface area contributed by atoms with Gasteiger partial charge in [-0.25, -0.2) is 0 Å². The Bertz CT molecular complexity index is 457. The molecule has 20 heavy (non-hydrogen) atoms. The van der Waals surface area contributed by atoms with Crippen LogP contribution in [0.1, 0.15) is 36.9 Å². The first kappa shape index (κ1) is 15.2. The summed E-state index contributed by atoms with van der Waals surface area (Å²) in [5, 5.41) is 3.18. The molecule has 0 aliphatic carbocycles. The van der Waals surface area contributed by atoms with Crippen LogP contribution in [-0.2, 0) is 6.42 Å². The van der Waals surface area contributed by atoms with Gasteiger partial charge in [0.1, 0.15) is 0 Å². The Morgan fingerprint density at radius 2 is 2.10 bits per heavy atom. The minimum atomic E-state index is -4.09. The van der Waals surface area contributed by atoms with Gasteiger partial charge in [0.15, 0.2) is 0 Å². The lowest BCUT2D eigenvalue weighted by Crippen LogP contribution is -2.32. The summed E-state index contributed by atoms with van der Waals surface area (Å²) in [6.07, 6.45) is -2.97. The van der Waals surface area contributed by atoms with Crippen molar-refractivity contribution in [2.75, 3.05) is 25.0 Å². The van der Waals surface area contributed by atoms with E-state index >= 15 is 0 Å². The number of nitrogens with zero attached hydrogens (tertiary/aromatic N) is 1. The van der Waals surface area contributed by atoms with Crippen molar-refractivity contribution in [3.05, 3.63) is 29.3 Å². The fraction of sp³-hybridized carbons (Fsp3) is 0.600. The number of fused-ring (bicyclic) bond motifs is 1. The van der Waals surface area contributed by atoms with Gasteiger partial charge in [0.2, 0.25) is 0 Å². The highest BCUT2D eigenvalue weighted by atomic mass is 19.4. The summed E-state index contributed by atoms with van der Waals surface area (Å²) in [7, 11) is 1.90. The fourth-order valence-corrected chi connectivity index (χ4v) is 2.62. The largest absolute Gasteiger partial charge is 0.390 e. The third kappa shape index (κ3) is 3.66. The maximum absolute atomic E-state index is 12.4. The predicted molar refractivity (Wildman–Crippen MR) is 75.1 cm³/mol. The molecule has 1 aromatic rings. The van der Waals surface area contributed by atoms with Crippen LogP contribution < -0.4 is 10.2 Å². The standard InChI is InChI=1S/C15H21F3N2/c1-11(19-2)12-5-6-14-13(10-12)4-3-8-20(14)9-7-15(16,17)18/h5-6,10-11,19H,3-4,7-9H2,1-2H3. The van der Waals surface area contributed by atoms with Crippen LogP contribution in [0.3, 0.4) is 0 Å². The summed E-state index contributed by atoms with van der Waals surface area (Å²) in [6.45, 7) is 2.84. The molecule has 0 radical (unpaired) electrons. The Hall–Kier alpha value is -1.23. The van der Waals surface area contributed by atoms with E-state index in [0.717, 1.165) is 24.1 Å². The molecule has 0 saturated carbocycles. The average Bonchev–Trinajstić information content (AvgIpc) is 2.42. The number of anilines is 1. The van der Waals surface area contributed by atoms with Crippen LogP contribution >= 0.6 is 0 Å². The van der Waals surface area contributed by atoms with Gasteiger partial charge in [-0.1, -0.05) is 12.1 Å². The van der Waals surface area contributed by atoms with E-state index in [9.17, 15) is 13.2 Å². The molecule has 1 unspecified atom stereocenters. The van der Waals surface area contributed by atoms with E-state index in [-0.39, 0.29) is 12.6 Å². The molecule has 112 valence electrons. The molecule has 1 heterocycles. The Morgan fingerprint density at radius 1 is 1.35 bits per heavy atom. The molecule has 0 bridgehead atoms. The Morgan fingerprint density at radius 3 is 2.75 bits per heavy atom. The van der Waals surface area contributed by atoms with Gasteiger partial charge in [-0.15, -0.1) is 0 Å². The van der Waals surface area contributed by atoms with Crippen LogP contribution in [0.15, 0.2) is 18.2 Å². The van der Waals surface area contributed by atoms with E-state index in [1.807, 2.05) is 24.1 Å². The smallest absolute Gasteiger partial charge is 0.371 e. The molecule has 1 aliphatic heterocycles. The molecule has 0 saturated heterocycles. The van der Waals surface area contributed by atoms with E-state index in [0.29, 0.717) is 6.54 Å². The SMILES string of the molecule is CNC(C)c1ccc2c(c1)CCCN2CCC(F)(F)F. The van der Waals surface area contributed by atoms with Crippen LogP contribution in [0.5, 0.6) is 0 Å². The van der Waals surface area contributed by atoms with Crippen molar-refractivity contribution in [3.63, 3.8) is 0 Å². The highest BCUT2D eigenvalue weighted by molar-refractivity contribution is 5.57. The lowest BCUT2D eigenvalue weighted by molar-refractivity contribution is -0.132. The number of hydrogen-bond acceptors (Lipinski definition) is 2. The minimum Gasteiger partial charge on any atom is -0.371 e. The van der Waals surface area contributed by atoms with Gasteiger partial charge >= 0.3 is 6.18 Å². The molecule has 0 aromatic heterocycles. The van der Waals surface area contributed by atoms with E-state index in [4.69, 9.17) is 0 Å². The summed E-state index contributed by atoms with van der Waals surface area (Å²) >= 11 is 0. The topological polar surface area (TPSA) is 15.3 Å². The van der Waals surface area contributed by atoms with Crippen molar-refractivity contribution in [2.24, 2.45) is 0 Å². The van der Waals surface area contributed by atoms with Crippen LogP contribution in [-0.4, -0.2) is 26.3 Å². The second kappa shape index (κ2) is 6.04. The molecule has 1 N–H and O–H groups in total. The van der Waals surface area contributed by atoms with Gasteiger partial charge < -0.3 is 10.2 Å². The van der Waals surface area contributed by atoms with E-state index < -0.39 is 12.6 Å². The Kier molecular flexibility index (Phi) is 4.58. The molecule has 1 aliphatic rings. The van der Waals surface area contributed by atoms with Gasteiger partial charge in [-0.05, 0) is 44.0 Å². The zero-order valence-electron chi connectivity index (χ0n) is 11.9. The molecule has 0 fully saturated rings. The van der Waals surface area contributed by atoms with Crippen molar-refractivity contribution >= 4 is 5.69 Å². The van der Waals surface area contributed by atoms with Gasteiger partial charge in [0, 0.05) is 24.8 Å². The lowest BCUT2D eigenvalue weighted by atomic mass is 9.96. The molecule has 2 rings (SSSR count). The summed E-state index contributed by atoms with van der Waals surface area (Å²) in [5.41, 5.74) is 3.31. The monoisotopic (exact) mass is 286 g/mol. The van der Waals surface area contributed by atoms with E-state index in [1.54, 1.807) is 0 Å². The van der Waals surface area contributed by atoms with Crippen molar-refractivity contribution < 1.29 is 13.2 Å². The molecule has 1 aromatic carbocycles. The van der Waals surface area contributed by atoms with E-state index in [1.165, 1.54) is 5.56 Å². The summed E-state index contributed by atoms with van der Waals surface area (Å²) in [5.74, 6) is 0. The average molecular weight is 286 g/mol. The van der Waals surface area contributed by atoms with Crippen LogP contribution in [0.4, 0.5) is 18.9 Å². The van der Waals surface area contributed by atoms with Crippen molar-refractivity contribution in [1.29, 1.82) is 0 Å². The molecular weight excluding hydrogens is 265 g/mol. The molecule has 0 spiro atoms. The number of hydrogen-bond donors (Lipinski definition) is 1. The molecule has 5 heteroatoms. The van der Waals surface area contributed by atoms with Crippen molar-refractivity contribution in [2.45, 2.75) is 38.4 Å². The summed E-state index contributed by atoms with van der Waals surface area (Å²) < 4.78 is 37.1. The number of rotatable bonds is 4. The predicted octanol–water partition coefficient (Wildman–Crippen LogP) is 3.67. The first-order valence-corrected chi connectivity index (χ1v) is 7.02. The molecular formula is C15H21F3N2. The normalized spacial score (nSPS) is 16.9. The summed E-state index contributed by atoms with van der Waals surface area (Å²) in [4.78, 5) is 1.86. The molecule has 1 atom stereocenters. The Labute approximate surface area is 118 Å². The van der Waals surface area contributed by atoms with Crippen molar-refractivity contribution in [3.8, 4) is 0 Å². The second-order valence-corrected chi connectivity index (χ2v) is 5.35. The van der Waals surface area contributed by atoms with Crippen LogP contribution in [0.25, 0.3) is 0 Å². The second-order valence-electron chi connectivity index (χ2n) is 5.35. The van der Waals surface area contributed by atoms with Gasteiger partial charge in [-0.2, -0.15) is 13.2 Å². The van der Waals surface area contributed by atoms with Crippen LogP contribution in [0.2, 0.25) is 0 Å². The quantitative estimate of drug-likeness (QED) is 0.908. The summed E-state index contributed by atoms with van der Waals surface area (Å²) in [6, 6.07) is 6.35. The highest BCUT2D eigenvalue weighted by Crippen LogP contribution is 2.31. The van der Waals surface area contributed by atoms with Crippen molar-refractivity contribution in [1.82, 2.24) is 5.32 Å². The first-order chi connectivity index (χ1) is 9.40. The fourth-order valence-electron chi connectivity index (χ4n) is 2.62. The highest BCUT2D eigenvalue weighted by Gasteiger charge is 2.29. The molecule has 0 amide bonds. The van der Waals surface area contributed by atoms with Gasteiger partial charge in [0.25, 0.3) is 0 Å². The maximum Gasteiger partial charge on any atom is 0.390 e. The number of benzene rings is 1. The third-order valence-corrected chi connectivity index (χ3v) is 3.92. The maximum atomic E-state index is 12.4. The van der Waals surface area contributed by atoms with E-state index in [2.05, 4.69) is 18.3 Å².